The molecule has 22 heavy (non-hydrogen) atoms. The fraction of sp³-hybridized carbons (Fsp3) is 0.438. The lowest BCUT2D eigenvalue weighted by atomic mass is 10.2. The SMILES string of the molecule is CCCCc1n[nH]c(=S)n1/N=C\c1cccc(OCCC)c1. The third kappa shape index (κ3) is 4.53. The van der Waals surface area contributed by atoms with Crippen LogP contribution in [-0.4, -0.2) is 27.7 Å². The number of H-pyrrole nitrogens is 1. The molecule has 118 valence electrons. The van der Waals surface area contributed by atoms with Crippen LogP contribution in [0.2, 0.25) is 0 Å². The first-order valence-corrected chi connectivity index (χ1v) is 8.09. The predicted molar refractivity (Wildman–Crippen MR) is 91.2 cm³/mol. The van der Waals surface area contributed by atoms with Crippen molar-refractivity contribution in [1.29, 1.82) is 0 Å². The molecule has 1 N–H and O–H groups in total. The lowest BCUT2D eigenvalue weighted by Gasteiger charge is -2.04. The molecule has 1 heterocycles. The Morgan fingerprint density at radius 3 is 3.00 bits per heavy atom. The van der Waals surface area contributed by atoms with Gasteiger partial charge in [-0.3, -0.25) is 5.10 Å². The summed E-state index contributed by atoms with van der Waals surface area (Å²) in [6.07, 6.45) is 5.80. The molecule has 0 aliphatic rings. The molecule has 0 saturated carbocycles. The molecule has 1 aromatic heterocycles. The Kier molecular flexibility index (Phi) is 6.33. The first-order chi connectivity index (χ1) is 10.7. The van der Waals surface area contributed by atoms with Gasteiger partial charge < -0.3 is 4.74 Å². The average molecular weight is 318 g/mol. The number of benzene rings is 1. The molecule has 2 aromatic rings. The highest BCUT2D eigenvalue weighted by Crippen LogP contribution is 2.12. The van der Waals surface area contributed by atoms with Gasteiger partial charge >= 0.3 is 0 Å². The zero-order valence-corrected chi connectivity index (χ0v) is 13.9. The van der Waals surface area contributed by atoms with Crippen LogP contribution in [0.25, 0.3) is 0 Å². The first kappa shape index (κ1) is 16.4. The molecule has 0 atom stereocenters. The van der Waals surface area contributed by atoms with Gasteiger partial charge in [-0.2, -0.15) is 14.9 Å². The lowest BCUT2D eigenvalue weighted by Crippen LogP contribution is -1.99. The van der Waals surface area contributed by atoms with E-state index >= 15 is 0 Å². The molecule has 0 spiro atoms. The van der Waals surface area contributed by atoms with E-state index in [1.807, 2.05) is 24.3 Å². The van der Waals surface area contributed by atoms with Gasteiger partial charge in [0.05, 0.1) is 12.8 Å². The Labute approximate surface area is 136 Å². The van der Waals surface area contributed by atoms with Gasteiger partial charge in [0.25, 0.3) is 0 Å². The van der Waals surface area contributed by atoms with E-state index in [1.165, 1.54) is 0 Å². The Morgan fingerprint density at radius 1 is 1.36 bits per heavy atom. The van der Waals surface area contributed by atoms with Gasteiger partial charge in [0.1, 0.15) is 5.75 Å². The summed E-state index contributed by atoms with van der Waals surface area (Å²) in [6, 6.07) is 7.86. The molecule has 5 nitrogen and oxygen atoms in total. The molecule has 0 bridgehead atoms. The molecule has 0 fully saturated rings. The van der Waals surface area contributed by atoms with Crippen molar-refractivity contribution in [3.05, 3.63) is 40.4 Å². The number of aryl methyl sites for hydroxylation is 1. The number of aromatic nitrogens is 3. The van der Waals surface area contributed by atoms with Crippen LogP contribution in [0, 0.1) is 4.77 Å². The Morgan fingerprint density at radius 2 is 2.23 bits per heavy atom. The Bertz CT molecular complexity index is 675. The van der Waals surface area contributed by atoms with Gasteiger partial charge in [0.15, 0.2) is 5.82 Å². The van der Waals surface area contributed by atoms with Crippen molar-refractivity contribution in [2.45, 2.75) is 39.5 Å². The number of hydrogen-bond donors (Lipinski definition) is 1. The highest BCUT2D eigenvalue weighted by Gasteiger charge is 2.04. The van der Waals surface area contributed by atoms with Gasteiger partial charge in [0.2, 0.25) is 4.77 Å². The van der Waals surface area contributed by atoms with Crippen molar-refractivity contribution >= 4 is 18.4 Å². The van der Waals surface area contributed by atoms with Gasteiger partial charge in [-0.25, -0.2) is 0 Å². The highest BCUT2D eigenvalue weighted by molar-refractivity contribution is 7.71. The van der Waals surface area contributed by atoms with Crippen molar-refractivity contribution in [2.75, 3.05) is 6.61 Å². The average Bonchev–Trinajstić information content (AvgIpc) is 2.89. The Balaban J connectivity index is 2.14. The second-order valence-corrected chi connectivity index (χ2v) is 5.41. The van der Waals surface area contributed by atoms with Gasteiger partial charge in [0, 0.05) is 6.42 Å². The zero-order chi connectivity index (χ0) is 15.8. The van der Waals surface area contributed by atoms with E-state index in [2.05, 4.69) is 29.1 Å². The van der Waals surface area contributed by atoms with Crippen LogP contribution in [0.1, 0.15) is 44.5 Å². The second kappa shape index (κ2) is 8.48. The number of unbranched alkanes of at least 4 members (excludes halogenated alkanes) is 1. The van der Waals surface area contributed by atoms with E-state index in [0.717, 1.165) is 42.8 Å². The highest BCUT2D eigenvalue weighted by atomic mass is 32.1. The minimum absolute atomic E-state index is 0.515. The molecule has 0 radical (unpaired) electrons. The van der Waals surface area contributed by atoms with E-state index in [1.54, 1.807) is 10.9 Å². The fourth-order valence-electron chi connectivity index (χ4n) is 1.97. The predicted octanol–water partition coefficient (Wildman–Crippen LogP) is 3.95. The summed E-state index contributed by atoms with van der Waals surface area (Å²) < 4.78 is 7.83. The van der Waals surface area contributed by atoms with E-state index in [0.29, 0.717) is 11.4 Å². The van der Waals surface area contributed by atoms with Gasteiger partial charge in [-0.05, 0) is 42.8 Å². The molecule has 0 saturated heterocycles. The van der Waals surface area contributed by atoms with E-state index in [4.69, 9.17) is 17.0 Å². The summed E-state index contributed by atoms with van der Waals surface area (Å²) in [5.74, 6) is 1.72. The molecule has 6 heteroatoms. The molecular weight excluding hydrogens is 296 g/mol. The number of nitrogens with zero attached hydrogens (tertiary/aromatic N) is 3. The fourth-order valence-corrected chi connectivity index (χ4v) is 2.17. The maximum absolute atomic E-state index is 5.63. The van der Waals surface area contributed by atoms with Crippen LogP contribution in [0.4, 0.5) is 0 Å². The zero-order valence-electron chi connectivity index (χ0n) is 13.1. The van der Waals surface area contributed by atoms with Crippen molar-refractivity contribution < 1.29 is 4.74 Å². The summed E-state index contributed by atoms with van der Waals surface area (Å²) in [6.45, 7) is 4.95. The van der Waals surface area contributed by atoms with Crippen LogP contribution in [0.3, 0.4) is 0 Å². The summed E-state index contributed by atoms with van der Waals surface area (Å²) >= 11 is 5.23. The monoisotopic (exact) mass is 318 g/mol. The quantitative estimate of drug-likeness (QED) is 0.592. The largest absolute Gasteiger partial charge is 0.494 e. The topological polar surface area (TPSA) is 55.2 Å². The summed E-state index contributed by atoms with van der Waals surface area (Å²) in [4.78, 5) is 0. The second-order valence-electron chi connectivity index (χ2n) is 5.03. The summed E-state index contributed by atoms with van der Waals surface area (Å²) in [5, 5.41) is 11.5. The smallest absolute Gasteiger partial charge is 0.216 e. The summed E-state index contributed by atoms with van der Waals surface area (Å²) in [7, 11) is 0. The van der Waals surface area contributed by atoms with Gasteiger partial charge in [-0.15, -0.1) is 0 Å². The maximum atomic E-state index is 5.63. The van der Waals surface area contributed by atoms with Crippen LogP contribution in [-0.2, 0) is 6.42 Å². The van der Waals surface area contributed by atoms with Crippen molar-refractivity contribution in [2.24, 2.45) is 5.10 Å². The van der Waals surface area contributed by atoms with E-state index in [9.17, 15) is 0 Å². The van der Waals surface area contributed by atoms with E-state index in [-0.39, 0.29) is 0 Å². The van der Waals surface area contributed by atoms with Crippen LogP contribution >= 0.6 is 12.2 Å². The molecule has 0 aliphatic carbocycles. The minimum atomic E-state index is 0.515. The lowest BCUT2D eigenvalue weighted by molar-refractivity contribution is 0.317. The minimum Gasteiger partial charge on any atom is -0.494 e. The molecule has 2 rings (SSSR count). The Hall–Kier alpha value is -1.95. The molecule has 1 aromatic carbocycles. The first-order valence-electron chi connectivity index (χ1n) is 7.68. The number of nitrogens with one attached hydrogen (secondary N) is 1. The molecule has 0 amide bonds. The maximum Gasteiger partial charge on any atom is 0.216 e. The van der Waals surface area contributed by atoms with E-state index < -0.39 is 0 Å². The number of aromatic amines is 1. The molecular formula is C16H22N4OS. The normalized spacial score (nSPS) is 11.2. The summed E-state index contributed by atoms with van der Waals surface area (Å²) in [5.41, 5.74) is 0.971. The van der Waals surface area contributed by atoms with Crippen LogP contribution < -0.4 is 4.74 Å². The third-order valence-corrected chi connectivity index (χ3v) is 3.39. The van der Waals surface area contributed by atoms with Crippen molar-refractivity contribution in [1.82, 2.24) is 14.9 Å². The molecule has 0 unspecified atom stereocenters. The van der Waals surface area contributed by atoms with Crippen molar-refractivity contribution in [3.8, 4) is 5.75 Å². The number of ether oxygens (including phenoxy) is 1. The van der Waals surface area contributed by atoms with Gasteiger partial charge in [-0.1, -0.05) is 32.4 Å². The van der Waals surface area contributed by atoms with Crippen molar-refractivity contribution in [3.63, 3.8) is 0 Å². The molecule has 0 aliphatic heterocycles. The number of rotatable bonds is 8. The van der Waals surface area contributed by atoms with Crippen LogP contribution in [0.15, 0.2) is 29.4 Å². The standard InChI is InChI=1S/C16H22N4OS/c1-3-5-9-15-18-19-16(22)20(15)17-12-13-7-6-8-14(11-13)21-10-4-2/h6-8,11-12H,3-5,9-10H2,1-2H3,(H,19,22)/b17-12-. The third-order valence-electron chi connectivity index (χ3n) is 3.12. The number of hydrogen-bond acceptors (Lipinski definition) is 4. The van der Waals surface area contributed by atoms with Crippen LogP contribution in [0.5, 0.6) is 5.75 Å².